The number of phenolic OH excluding ortho intramolecular Hbond substituents is 2. The zero-order chi connectivity index (χ0) is 30.2. The van der Waals surface area contributed by atoms with Crippen LogP contribution in [-0.2, 0) is 27.3 Å². The van der Waals surface area contributed by atoms with E-state index in [4.69, 9.17) is 4.74 Å². The number of alkyl carbamates (subject to hydrolysis) is 1. The Morgan fingerprint density at radius 1 is 0.927 bits per heavy atom. The van der Waals surface area contributed by atoms with Crippen molar-refractivity contribution in [1.82, 2.24) is 15.5 Å². The molecule has 4 N–H and O–H groups in total. The molecule has 3 aromatic rings. The van der Waals surface area contributed by atoms with Gasteiger partial charge in [0, 0.05) is 19.5 Å². The molecule has 0 fully saturated rings. The maximum Gasteiger partial charge on any atom is 0.408 e. The molecule has 0 aliphatic rings. The molecule has 3 amide bonds. The molecule has 0 saturated carbocycles. The largest absolute Gasteiger partial charge is 0.508 e. The van der Waals surface area contributed by atoms with Crippen molar-refractivity contribution in [2.24, 2.45) is 0 Å². The minimum absolute atomic E-state index is 0.0726. The number of aromatic hydroxyl groups is 2. The van der Waals surface area contributed by atoms with Gasteiger partial charge in [-0.25, -0.2) is 4.79 Å². The van der Waals surface area contributed by atoms with Gasteiger partial charge in [-0.05, 0) is 81.1 Å². The van der Waals surface area contributed by atoms with Crippen LogP contribution in [0.3, 0.4) is 0 Å². The summed E-state index contributed by atoms with van der Waals surface area (Å²) in [6.45, 7) is 9.06. The van der Waals surface area contributed by atoms with E-state index in [1.807, 2.05) is 30.3 Å². The molecule has 0 aliphatic carbocycles. The number of carbonyl (C=O) groups is 3. The van der Waals surface area contributed by atoms with Gasteiger partial charge in [0.1, 0.15) is 29.2 Å². The van der Waals surface area contributed by atoms with Crippen LogP contribution < -0.4 is 10.6 Å². The van der Waals surface area contributed by atoms with E-state index in [2.05, 4.69) is 10.6 Å². The molecule has 0 spiro atoms. The Labute approximate surface area is 241 Å². The highest BCUT2D eigenvalue weighted by Gasteiger charge is 2.35. The third-order valence-electron chi connectivity index (χ3n) is 6.40. The predicted octanol–water partition coefficient (Wildman–Crippen LogP) is 4.75. The van der Waals surface area contributed by atoms with Crippen LogP contribution in [0.15, 0.2) is 72.8 Å². The van der Waals surface area contributed by atoms with E-state index in [0.29, 0.717) is 16.7 Å². The van der Waals surface area contributed by atoms with E-state index in [9.17, 15) is 24.6 Å². The summed E-state index contributed by atoms with van der Waals surface area (Å²) >= 11 is 0. The van der Waals surface area contributed by atoms with Gasteiger partial charge in [-0.1, -0.05) is 48.5 Å². The van der Waals surface area contributed by atoms with Crippen LogP contribution in [0.25, 0.3) is 0 Å². The monoisotopic (exact) mass is 561 g/mol. The molecule has 0 saturated heterocycles. The number of hydrogen-bond acceptors (Lipinski definition) is 6. The number of carbonyl (C=O) groups excluding carboxylic acids is 3. The van der Waals surface area contributed by atoms with Crippen molar-refractivity contribution < 1.29 is 29.3 Å². The van der Waals surface area contributed by atoms with Crippen LogP contribution in [0, 0.1) is 6.92 Å². The molecule has 2 atom stereocenters. The molecule has 3 rings (SSSR count). The first-order chi connectivity index (χ1) is 19.4. The summed E-state index contributed by atoms with van der Waals surface area (Å²) in [5, 5.41) is 25.5. The van der Waals surface area contributed by atoms with Gasteiger partial charge >= 0.3 is 6.09 Å². The van der Waals surface area contributed by atoms with E-state index in [1.54, 1.807) is 58.9 Å². The lowest BCUT2D eigenvalue weighted by atomic mass is 9.98. The zero-order valence-electron chi connectivity index (χ0n) is 24.2. The number of hydrogen-bond donors (Lipinski definition) is 4. The Kier molecular flexibility index (Phi) is 10.4. The first-order valence-electron chi connectivity index (χ1n) is 13.6. The summed E-state index contributed by atoms with van der Waals surface area (Å²) in [7, 11) is 0. The highest BCUT2D eigenvalue weighted by molar-refractivity contribution is 5.92. The number of ether oxygens (including phenoxy) is 1. The molecule has 3 aromatic carbocycles. The third-order valence-corrected chi connectivity index (χ3v) is 6.40. The molecule has 0 aliphatic heterocycles. The molecular weight excluding hydrogens is 522 g/mol. The van der Waals surface area contributed by atoms with Crippen molar-refractivity contribution in [3.05, 3.63) is 95.1 Å². The number of nitrogens with zero attached hydrogens (tertiary/aromatic N) is 1. The van der Waals surface area contributed by atoms with E-state index in [-0.39, 0.29) is 31.0 Å². The number of benzene rings is 3. The number of phenols is 2. The molecule has 41 heavy (non-hydrogen) atoms. The number of amides is 3. The molecule has 218 valence electrons. The molecule has 9 nitrogen and oxygen atoms in total. The van der Waals surface area contributed by atoms with E-state index in [1.165, 1.54) is 23.1 Å². The van der Waals surface area contributed by atoms with Gasteiger partial charge in [0.15, 0.2) is 0 Å². The topological polar surface area (TPSA) is 128 Å². The second kappa shape index (κ2) is 13.7. The number of nitrogens with one attached hydrogen (secondary N) is 2. The quantitative estimate of drug-likeness (QED) is 0.283. The molecular formula is C32H39N3O6. The Balaban J connectivity index is 1.98. The molecule has 0 bridgehead atoms. The maximum atomic E-state index is 14.2. The first-order valence-corrected chi connectivity index (χ1v) is 13.6. The summed E-state index contributed by atoms with van der Waals surface area (Å²) in [5.41, 5.74) is 1.87. The Bertz CT molecular complexity index is 1340. The zero-order valence-corrected chi connectivity index (χ0v) is 24.2. The first kappa shape index (κ1) is 31.0. The van der Waals surface area contributed by atoms with Gasteiger partial charge in [-0.15, -0.1) is 0 Å². The Hall–Kier alpha value is -4.53. The van der Waals surface area contributed by atoms with Crippen molar-refractivity contribution in [3.63, 3.8) is 0 Å². The smallest absolute Gasteiger partial charge is 0.408 e. The average Bonchev–Trinajstić information content (AvgIpc) is 2.92. The van der Waals surface area contributed by atoms with Gasteiger partial charge in [0.25, 0.3) is 0 Å². The lowest BCUT2D eigenvalue weighted by Crippen LogP contribution is -2.53. The lowest BCUT2D eigenvalue weighted by Gasteiger charge is -2.34. The van der Waals surface area contributed by atoms with Crippen LogP contribution in [0.5, 0.6) is 11.5 Å². The molecule has 0 aromatic heterocycles. The SMILES string of the molecule is CCN(C(=O)C(Cc1ccc(O)cc1)NC(=O)OC(C)(C)C)C(C(=O)NCc1ccccc1)c1ccc(O)c(C)c1. The normalized spacial score (nSPS) is 12.6. The van der Waals surface area contributed by atoms with E-state index < -0.39 is 35.6 Å². The van der Waals surface area contributed by atoms with Crippen molar-refractivity contribution in [3.8, 4) is 11.5 Å². The minimum Gasteiger partial charge on any atom is -0.508 e. The highest BCUT2D eigenvalue weighted by Crippen LogP contribution is 2.27. The van der Waals surface area contributed by atoms with Crippen molar-refractivity contribution in [2.75, 3.05) is 6.54 Å². The van der Waals surface area contributed by atoms with Crippen molar-refractivity contribution >= 4 is 17.9 Å². The number of aryl methyl sites for hydroxylation is 1. The summed E-state index contributed by atoms with van der Waals surface area (Å²) in [4.78, 5) is 42.1. The Morgan fingerprint density at radius 3 is 2.17 bits per heavy atom. The van der Waals surface area contributed by atoms with Crippen molar-refractivity contribution in [1.29, 1.82) is 0 Å². The van der Waals surface area contributed by atoms with Crippen molar-refractivity contribution in [2.45, 2.75) is 65.3 Å². The number of rotatable bonds is 10. The molecule has 2 unspecified atom stereocenters. The van der Waals surface area contributed by atoms with Gasteiger partial charge in [-0.3, -0.25) is 9.59 Å². The van der Waals surface area contributed by atoms with Gasteiger partial charge in [-0.2, -0.15) is 0 Å². The summed E-state index contributed by atoms with van der Waals surface area (Å²) in [6.07, 6.45) is -0.668. The van der Waals surface area contributed by atoms with Gasteiger partial charge < -0.3 is 30.5 Å². The maximum absolute atomic E-state index is 14.2. The van der Waals surface area contributed by atoms with Gasteiger partial charge in [0.05, 0.1) is 0 Å². The standard InChI is InChI=1S/C32H39N3O6/c1-6-35(30(39)26(34-31(40)41-32(3,4)5)19-22-12-15-25(36)16-13-22)28(24-14-17-27(37)21(2)18-24)29(38)33-20-23-10-8-7-9-11-23/h7-18,26,28,36-37H,6,19-20H2,1-5H3,(H,33,38)(H,34,40). The summed E-state index contributed by atoms with van der Waals surface area (Å²) < 4.78 is 5.43. The van der Waals surface area contributed by atoms with Crippen LogP contribution in [0.1, 0.15) is 56.0 Å². The highest BCUT2D eigenvalue weighted by atomic mass is 16.6. The average molecular weight is 562 g/mol. The van der Waals surface area contributed by atoms with E-state index >= 15 is 0 Å². The fourth-order valence-electron chi connectivity index (χ4n) is 4.39. The summed E-state index contributed by atoms with van der Waals surface area (Å²) in [5.74, 6) is -0.750. The second-order valence-corrected chi connectivity index (χ2v) is 10.8. The Morgan fingerprint density at radius 2 is 1.59 bits per heavy atom. The lowest BCUT2D eigenvalue weighted by molar-refractivity contribution is -0.142. The molecule has 0 heterocycles. The van der Waals surface area contributed by atoms with Crippen LogP contribution >= 0.6 is 0 Å². The van der Waals surface area contributed by atoms with Crippen LogP contribution in [0.2, 0.25) is 0 Å². The predicted molar refractivity (Wildman–Crippen MR) is 156 cm³/mol. The molecule has 9 heteroatoms. The fraction of sp³-hybridized carbons (Fsp3) is 0.344. The summed E-state index contributed by atoms with van der Waals surface area (Å²) in [6, 6.07) is 18.4. The van der Waals surface area contributed by atoms with Gasteiger partial charge in [0.2, 0.25) is 11.8 Å². The third kappa shape index (κ3) is 8.99. The van der Waals surface area contributed by atoms with Crippen LogP contribution in [-0.4, -0.2) is 51.2 Å². The second-order valence-electron chi connectivity index (χ2n) is 10.8. The fourth-order valence-corrected chi connectivity index (χ4v) is 4.39. The number of likely N-dealkylation sites (N-methyl/N-ethyl adjacent to an activating group) is 1. The minimum atomic E-state index is -1.07. The molecule has 0 radical (unpaired) electrons. The van der Waals surface area contributed by atoms with Crippen LogP contribution in [0.4, 0.5) is 4.79 Å². The van der Waals surface area contributed by atoms with E-state index in [0.717, 1.165) is 5.56 Å².